The lowest BCUT2D eigenvalue weighted by atomic mass is 10.1. The van der Waals surface area contributed by atoms with Gasteiger partial charge in [0.05, 0.1) is 12.7 Å². The zero-order valence-electron chi connectivity index (χ0n) is 10.5. The average molecular weight is 266 g/mol. The van der Waals surface area contributed by atoms with Gasteiger partial charge in [0.2, 0.25) is 0 Å². The van der Waals surface area contributed by atoms with Crippen molar-refractivity contribution in [2.24, 2.45) is 0 Å². The number of thioether (sulfide) groups is 1. The van der Waals surface area contributed by atoms with Gasteiger partial charge < -0.3 is 15.4 Å². The van der Waals surface area contributed by atoms with Gasteiger partial charge in [-0.3, -0.25) is 0 Å². The second-order valence-corrected chi connectivity index (χ2v) is 5.44. The van der Waals surface area contributed by atoms with Crippen molar-refractivity contribution in [2.75, 3.05) is 42.3 Å². The summed E-state index contributed by atoms with van der Waals surface area (Å²) in [5.41, 5.74) is 7.77. The third-order valence-electron chi connectivity index (χ3n) is 3.03. The predicted octanol–water partition coefficient (Wildman–Crippen LogP) is 2.00. The number of hydrogen-bond acceptors (Lipinski definition) is 5. The fourth-order valence-electron chi connectivity index (χ4n) is 2.03. The van der Waals surface area contributed by atoms with Gasteiger partial charge in [0.15, 0.2) is 0 Å². The Morgan fingerprint density at radius 2 is 2.22 bits per heavy atom. The van der Waals surface area contributed by atoms with Crippen LogP contribution >= 0.6 is 11.8 Å². The molecule has 2 N–H and O–H groups in total. The molecule has 98 valence electrons. The van der Waals surface area contributed by atoms with Gasteiger partial charge in [0.1, 0.15) is 0 Å². The lowest BCUT2D eigenvalue weighted by Crippen LogP contribution is -2.25. The number of carbonyl (C=O) groups excluding carboxylic acids is 1. The molecule has 1 aliphatic rings. The Morgan fingerprint density at radius 1 is 1.39 bits per heavy atom. The number of rotatable bonds is 2. The Bertz CT molecular complexity index is 429. The minimum Gasteiger partial charge on any atom is -0.465 e. The number of methoxy groups -OCH3 is 1. The van der Waals surface area contributed by atoms with E-state index in [-0.39, 0.29) is 5.97 Å². The monoisotopic (exact) mass is 266 g/mol. The van der Waals surface area contributed by atoms with E-state index in [1.807, 2.05) is 23.9 Å². The number of anilines is 2. The van der Waals surface area contributed by atoms with E-state index in [1.165, 1.54) is 19.3 Å². The van der Waals surface area contributed by atoms with Crippen LogP contribution in [-0.2, 0) is 4.74 Å². The number of esters is 1. The number of benzene rings is 1. The van der Waals surface area contributed by atoms with Crippen molar-refractivity contribution in [3.8, 4) is 0 Å². The van der Waals surface area contributed by atoms with Gasteiger partial charge in [-0.05, 0) is 30.4 Å². The van der Waals surface area contributed by atoms with Gasteiger partial charge in [-0.1, -0.05) is 0 Å². The molecule has 1 heterocycles. The van der Waals surface area contributed by atoms with Crippen LogP contribution in [0.25, 0.3) is 0 Å². The molecule has 0 saturated carbocycles. The minimum atomic E-state index is -0.376. The quantitative estimate of drug-likeness (QED) is 0.655. The molecule has 1 aromatic carbocycles. The lowest BCUT2D eigenvalue weighted by Gasteiger charge is -2.23. The molecule has 0 atom stereocenters. The number of hydrogen-bond donors (Lipinski definition) is 1. The molecule has 0 spiro atoms. The zero-order chi connectivity index (χ0) is 13.0. The Balaban J connectivity index is 2.25. The summed E-state index contributed by atoms with van der Waals surface area (Å²) in [6, 6.07) is 5.58. The molecule has 1 aromatic rings. The third kappa shape index (κ3) is 2.90. The van der Waals surface area contributed by atoms with Gasteiger partial charge in [0, 0.05) is 30.2 Å². The summed E-state index contributed by atoms with van der Waals surface area (Å²) < 4.78 is 4.74. The van der Waals surface area contributed by atoms with Crippen molar-refractivity contribution in [1.82, 2.24) is 0 Å². The first-order valence-electron chi connectivity index (χ1n) is 6.03. The minimum absolute atomic E-state index is 0.376. The predicted molar refractivity (Wildman–Crippen MR) is 76.3 cm³/mol. The van der Waals surface area contributed by atoms with Gasteiger partial charge in [0.25, 0.3) is 0 Å². The first kappa shape index (κ1) is 13.1. The largest absolute Gasteiger partial charge is 0.465 e. The van der Waals surface area contributed by atoms with Crippen molar-refractivity contribution in [2.45, 2.75) is 6.42 Å². The number of ether oxygens (including phenoxy) is 1. The average Bonchev–Trinajstić information content (AvgIpc) is 2.67. The molecule has 18 heavy (non-hydrogen) atoms. The van der Waals surface area contributed by atoms with E-state index in [1.54, 1.807) is 6.07 Å². The van der Waals surface area contributed by atoms with Gasteiger partial charge >= 0.3 is 5.97 Å². The summed E-state index contributed by atoms with van der Waals surface area (Å²) >= 11 is 1.97. The van der Waals surface area contributed by atoms with Crippen molar-refractivity contribution < 1.29 is 9.53 Å². The third-order valence-corrected chi connectivity index (χ3v) is 4.08. The van der Waals surface area contributed by atoms with Crippen molar-refractivity contribution >= 4 is 29.1 Å². The molecule has 5 heteroatoms. The van der Waals surface area contributed by atoms with Crippen LogP contribution in [0.4, 0.5) is 11.4 Å². The summed E-state index contributed by atoms with van der Waals surface area (Å²) in [6.45, 7) is 2.03. The second-order valence-electron chi connectivity index (χ2n) is 4.22. The molecule has 0 unspecified atom stereocenters. The van der Waals surface area contributed by atoms with Crippen LogP contribution in [0.1, 0.15) is 16.8 Å². The molecular weight excluding hydrogens is 248 g/mol. The standard InChI is InChI=1S/C13H18N2O2S/c1-17-13(16)11-9-10(3-4-12(11)14)15-5-2-7-18-8-6-15/h3-4,9H,2,5-8,14H2,1H3. The van der Waals surface area contributed by atoms with Crippen LogP contribution in [0, 0.1) is 0 Å². The smallest absolute Gasteiger partial charge is 0.340 e. The Kier molecular flexibility index (Phi) is 4.36. The van der Waals surface area contributed by atoms with Crippen molar-refractivity contribution in [1.29, 1.82) is 0 Å². The van der Waals surface area contributed by atoms with E-state index in [0.717, 1.165) is 24.5 Å². The van der Waals surface area contributed by atoms with Crippen LogP contribution in [0.15, 0.2) is 18.2 Å². The normalized spacial score (nSPS) is 16.2. The van der Waals surface area contributed by atoms with E-state index in [2.05, 4.69) is 4.90 Å². The summed E-state index contributed by atoms with van der Waals surface area (Å²) in [5, 5.41) is 0. The fourth-order valence-corrected chi connectivity index (χ4v) is 2.92. The van der Waals surface area contributed by atoms with Crippen molar-refractivity contribution in [3.63, 3.8) is 0 Å². The fraction of sp³-hybridized carbons (Fsp3) is 0.462. The highest BCUT2D eigenvalue weighted by Gasteiger charge is 2.15. The van der Waals surface area contributed by atoms with E-state index in [9.17, 15) is 4.79 Å². The number of nitrogen functional groups attached to an aromatic ring is 1. The molecule has 0 aliphatic carbocycles. The van der Waals surface area contributed by atoms with E-state index in [0.29, 0.717) is 11.3 Å². The molecule has 4 nitrogen and oxygen atoms in total. The molecular formula is C13H18N2O2S. The first-order valence-corrected chi connectivity index (χ1v) is 7.18. The Labute approximate surface area is 111 Å². The molecule has 1 fully saturated rings. The van der Waals surface area contributed by atoms with Crippen LogP contribution in [0.2, 0.25) is 0 Å². The topological polar surface area (TPSA) is 55.6 Å². The first-order chi connectivity index (χ1) is 8.72. The van der Waals surface area contributed by atoms with Gasteiger partial charge in [-0.25, -0.2) is 4.79 Å². The van der Waals surface area contributed by atoms with E-state index >= 15 is 0 Å². The summed E-state index contributed by atoms with van der Waals surface area (Å²) in [4.78, 5) is 13.9. The summed E-state index contributed by atoms with van der Waals surface area (Å²) in [7, 11) is 1.37. The number of nitrogens with two attached hydrogens (primary N) is 1. The highest BCUT2D eigenvalue weighted by Crippen LogP contribution is 2.24. The number of carbonyl (C=O) groups is 1. The Morgan fingerprint density at radius 3 is 3.00 bits per heavy atom. The van der Waals surface area contributed by atoms with Gasteiger partial charge in [-0.15, -0.1) is 0 Å². The molecule has 1 saturated heterocycles. The molecule has 0 amide bonds. The second kappa shape index (κ2) is 6.00. The van der Waals surface area contributed by atoms with Crippen LogP contribution < -0.4 is 10.6 Å². The van der Waals surface area contributed by atoms with Crippen LogP contribution in [-0.4, -0.2) is 37.7 Å². The van der Waals surface area contributed by atoms with E-state index < -0.39 is 0 Å². The number of nitrogens with zero attached hydrogens (tertiary/aromatic N) is 1. The molecule has 0 aromatic heterocycles. The molecule has 0 radical (unpaired) electrons. The maximum Gasteiger partial charge on any atom is 0.340 e. The van der Waals surface area contributed by atoms with E-state index in [4.69, 9.17) is 10.5 Å². The van der Waals surface area contributed by atoms with Crippen LogP contribution in [0.5, 0.6) is 0 Å². The van der Waals surface area contributed by atoms with Crippen LogP contribution in [0.3, 0.4) is 0 Å². The summed E-state index contributed by atoms with van der Waals surface area (Å²) in [6.07, 6.45) is 1.17. The summed E-state index contributed by atoms with van der Waals surface area (Å²) in [5.74, 6) is 1.95. The molecule has 2 rings (SSSR count). The molecule has 0 bridgehead atoms. The highest BCUT2D eigenvalue weighted by atomic mass is 32.2. The van der Waals surface area contributed by atoms with Gasteiger partial charge in [-0.2, -0.15) is 11.8 Å². The highest BCUT2D eigenvalue weighted by molar-refractivity contribution is 7.99. The SMILES string of the molecule is COC(=O)c1cc(N2CCCSCC2)ccc1N. The lowest BCUT2D eigenvalue weighted by molar-refractivity contribution is 0.0602. The Hall–Kier alpha value is -1.36. The maximum absolute atomic E-state index is 11.6. The van der Waals surface area contributed by atoms with Crippen molar-refractivity contribution in [3.05, 3.63) is 23.8 Å². The zero-order valence-corrected chi connectivity index (χ0v) is 11.3. The maximum atomic E-state index is 11.6. The molecule has 1 aliphatic heterocycles.